The number of carboxylic acid groups (broad SMARTS) is 1. The van der Waals surface area contributed by atoms with Gasteiger partial charge in [0, 0.05) is 23.7 Å². The SMILES string of the molecule is COc1ccc(-c2nc3cc(F)c(F)cc3n2C(C(=O)NC2CCC(C(=O)O)CC2)C2CCCCC2)cc1. The zero-order valence-electron chi connectivity index (χ0n) is 21.5. The van der Waals surface area contributed by atoms with Crippen LogP contribution in [-0.4, -0.2) is 39.7 Å². The first-order valence-electron chi connectivity index (χ1n) is 13.4. The summed E-state index contributed by atoms with van der Waals surface area (Å²) >= 11 is 0. The zero-order valence-corrected chi connectivity index (χ0v) is 21.5. The van der Waals surface area contributed by atoms with Crippen LogP contribution in [0.25, 0.3) is 22.4 Å². The van der Waals surface area contributed by atoms with Crippen molar-refractivity contribution in [2.75, 3.05) is 7.11 Å². The molecule has 2 fully saturated rings. The number of halogens is 2. The molecule has 1 heterocycles. The van der Waals surface area contributed by atoms with E-state index in [4.69, 9.17) is 4.74 Å². The van der Waals surface area contributed by atoms with Gasteiger partial charge < -0.3 is 19.7 Å². The van der Waals surface area contributed by atoms with Crippen LogP contribution in [0.3, 0.4) is 0 Å². The number of nitrogens with zero attached hydrogens (tertiary/aromatic N) is 2. The smallest absolute Gasteiger partial charge is 0.306 e. The molecule has 0 saturated heterocycles. The summed E-state index contributed by atoms with van der Waals surface area (Å²) in [5, 5.41) is 12.5. The van der Waals surface area contributed by atoms with E-state index in [1.165, 1.54) is 0 Å². The predicted octanol–water partition coefficient (Wildman–Crippen LogP) is 5.87. The van der Waals surface area contributed by atoms with Crippen molar-refractivity contribution >= 4 is 22.9 Å². The largest absolute Gasteiger partial charge is 0.497 e. The van der Waals surface area contributed by atoms with Crippen molar-refractivity contribution in [1.29, 1.82) is 0 Å². The molecule has 0 aliphatic heterocycles. The highest BCUT2D eigenvalue weighted by Gasteiger charge is 2.36. The first kappa shape index (κ1) is 26.1. The molecule has 0 spiro atoms. The lowest BCUT2D eigenvalue weighted by molar-refractivity contribution is -0.142. The number of fused-ring (bicyclic) bond motifs is 1. The Balaban J connectivity index is 1.57. The number of methoxy groups -OCH3 is 1. The third kappa shape index (κ3) is 5.24. The van der Waals surface area contributed by atoms with Crippen LogP contribution >= 0.6 is 0 Å². The summed E-state index contributed by atoms with van der Waals surface area (Å²) in [7, 11) is 1.57. The van der Waals surface area contributed by atoms with E-state index in [9.17, 15) is 23.5 Å². The number of aliphatic carboxylic acids is 1. The minimum Gasteiger partial charge on any atom is -0.497 e. The summed E-state index contributed by atoms with van der Waals surface area (Å²) in [5.74, 6) is -2.21. The molecule has 9 heteroatoms. The van der Waals surface area contributed by atoms with E-state index in [0.29, 0.717) is 48.3 Å². The predicted molar refractivity (Wildman–Crippen MR) is 139 cm³/mol. The average molecular weight is 526 g/mol. The third-order valence-corrected chi connectivity index (χ3v) is 8.15. The van der Waals surface area contributed by atoms with Gasteiger partial charge >= 0.3 is 5.97 Å². The minimum atomic E-state index is -0.991. The van der Waals surface area contributed by atoms with E-state index >= 15 is 0 Å². The van der Waals surface area contributed by atoms with Gasteiger partial charge in [-0.3, -0.25) is 9.59 Å². The Hall–Kier alpha value is -3.49. The third-order valence-electron chi connectivity index (χ3n) is 8.15. The average Bonchev–Trinajstić information content (AvgIpc) is 3.27. The number of carbonyl (C=O) groups is 2. The number of nitrogens with one attached hydrogen (secondary N) is 1. The first-order valence-corrected chi connectivity index (χ1v) is 13.4. The highest BCUT2D eigenvalue weighted by molar-refractivity contribution is 5.87. The van der Waals surface area contributed by atoms with Crippen LogP contribution < -0.4 is 10.1 Å². The molecule has 2 saturated carbocycles. The molecule has 7 nitrogen and oxygen atoms in total. The molecule has 1 atom stereocenters. The maximum absolute atomic E-state index is 14.5. The number of aromatic nitrogens is 2. The van der Waals surface area contributed by atoms with Crippen molar-refractivity contribution in [3.05, 3.63) is 48.0 Å². The summed E-state index contributed by atoms with van der Waals surface area (Å²) in [6, 6.07) is 8.65. The van der Waals surface area contributed by atoms with Crippen molar-refractivity contribution in [3.63, 3.8) is 0 Å². The molecule has 2 aliphatic carbocycles. The second-order valence-corrected chi connectivity index (χ2v) is 10.5. The minimum absolute atomic E-state index is 0.00150. The Kier molecular flexibility index (Phi) is 7.63. The lowest BCUT2D eigenvalue weighted by atomic mass is 9.82. The fourth-order valence-electron chi connectivity index (χ4n) is 6.08. The van der Waals surface area contributed by atoms with Crippen molar-refractivity contribution < 1.29 is 28.2 Å². The van der Waals surface area contributed by atoms with Crippen LogP contribution in [-0.2, 0) is 9.59 Å². The number of hydrogen-bond acceptors (Lipinski definition) is 4. The van der Waals surface area contributed by atoms with Crippen LogP contribution in [0.2, 0.25) is 0 Å². The van der Waals surface area contributed by atoms with Gasteiger partial charge in [-0.25, -0.2) is 13.8 Å². The molecule has 1 amide bonds. The van der Waals surface area contributed by atoms with E-state index in [1.807, 2.05) is 12.1 Å². The number of carboxylic acids is 1. The number of benzene rings is 2. The zero-order chi connectivity index (χ0) is 26.8. The molecule has 2 aliphatic rings. The summed E-state index contributed by atoms with van der Waals surface area (Å²) in [6.07, 6.45) is 6.99. The topological polar surface area (TPSA) is 93.5 Å². The fourth-order valence-corrected chi connectivity index (χ4v) is 6.08. The maximum Gasteiger partial charge on any atom is 0.306 e. The summed E-state index contributed by atoms with van der Waals surface area (Å²) in [5.41, 5.74) is 1.36. The van der Waals surface area contributed by atoms with E-state index in [0.717, 1.165) is 44.2 Å². The van der Waals surface area contributed by atoms with Crippen molar-refractivity contribution in [3.8, 4) is 17.1 Å². The number of imidazole rings is 1. The molecule has 2 aromatic carbocycles. The molecule has 0 bridgehead atoms. The van der Waals surface area contributed by atoms with Crippen molar-refractivity contribution in [2.45, 2.75) is 69.9 Å². The van der Waals surface area contributed by atoms with Crippen LogP contribution in [0.1, 0.15) is 63.8 Å². The summed E-state index contributed by atoms with van der Waals surface area (Å²) in [6.45, 7) is 0. The first-order chi connectivity index (χ1) is 18.4. The van der Waals surface area contributed by atoms with Gasteiger partial charge in [0.15, 0.2) is 11.6 Å². The molecule has 2 N–H and O–H groups in total. The van der Waals surface area contributed by atoms with E-state index in [1.54, 1.807) is 23.8 Å². The Morgan fingerprint density at radius 3 is 2.29 bits per heavy atom. The highest BCUT2D eigenvalue weighted by atomic mass is 19.2. The normalized spacial score (nSPS) is 21.2. The van der Waals surface area contributed by atoms with Gasteiger partial charge in [-0.1, -0.05) is 19.3 Å². The fraction of sp³-hybridized carbons (Fsp3) is 0.483. The van der Waals surface area contributed by atoms with Crippen LogP contribution in [0.15, 0.2) is 36.4 Å². The Morgan fingerprint density at radius 2 is 1.66 bits per heavy atom. The molecular formula is C29H33F2N3O4. The summed E-state index contributed by atoms with van der Waals surface area (Å²) < 4.78 is 35.9. The van der Waals surface area contributed by atoms with Gasteiger partial charge in [0.2, 0.25) is 5.91 Å². The van der Waals surface area contributed by atoms with Gasteiger partial charge in [0.25, 0.3) is 0 Å². The lowest BCUT2D eigenvalue weighted by Gasteiger charge is -2.34. The van der Waals surface area contributed by atoms with Gasteiger partial charge in [0.05, 0.1) is 24.1 Å². The van der Waals surface area contributed by atoms with Gasteiger partial charge in [-0.15, -0.1) is 0 Å². The monoisotopic (exact) mass is 525 g/mol. The van der Waals surface area contributed by atoms with E-state index in [-0.39, 0.29) is 29.3 Å². The second-order valence-electron chi connectivity index (χ2n) is 10.5. The number of amides is 1. The van der Waals surface area contributed by atoms with Gasteiger partial charge in [0.1, 0.15) is 17.6 Å². The van der Waals surface area contributed by atoms with Crippen LogP contribution in [0.4, 0.5) is 8.78 Å². The molecule has 38 heavy (non-hydrogen) atoms. The van der Waals surface area contributed by atoms with Crippen molar-refractivity contribution in [1.82, 2.24) is 14.9 Å². The number of carbonyl (C=O) groups excluding carboxylic acids is 1. The molecule has 5 rings (SSSR count). The number of hydrogen-bond donors (Lipinski definition) is 2. The summed E-state index contributed by atoms with van der Waals surface area (Å²) in [4.78, 5) is 30.1. The molecule has 1 unspecified atom stereocenters. The molecule has 3 aromatic rings. The highest BCUT2D eigenvalue weighted by Crippen LogP contribution is 2.39. The van der Waals surface area contributed by atoms with Gasteiger partial charge in [-0.05, 0) is 68.7 Å². The number of ether oxygens (including phenoxy) is 1. The number of rotatable bonds is 7. The molecular weight excluding hydrogens is 492 g/mol. The van der Waals surface area contributed by atoms with Crippen molar-refractivity contribution in [2.24, 2.45) is 11.8 Å². The van der Waals surface area contributed by atoms with Crippen LogP contribution in [0.5, 0.6) is 5.75 Å². The Bertz CT molecular complexity index is 1310. The molecule has 202 valence electrons. The van der Waals surface area contributed by atoms with E-state index < -0.39 is 23.6 Å². The molecule has 0 radical (unpaired) electrons. The van der Waals surface area contributed by atoms with Gasteiger partial charge in [-0.2, -0.15) is 0 Å². The quantitative estimate of drug-likeness (QED) is 0.402. The van der Waals surface area contributed by atoms with E-state index in [2.05, 4.69) is 10.3 Å². The van der Waals surface area contributed by atoms with Crippen LogP contribution in [0, 0.1) is 23.5 Å². The Labute approximate surface area is 220 Å². The molecule has 1 aromatic heterocycles. The standard InChI is InChI=1S/C29H33F2N3O4/c1-38-21-13-9-18(10-14-21)27-33-24-15-22(30)23(31)16-25(24)34(27)26(17-5-3-2-4-6-17)28(35)32-20-11-7-19(8-12-20)29(36)37/h9-10,13-17,19-20,26H,2-8,11-12H2,1H3,(H,32,35)(H,36,37). The lowest BCUT2D eigenvalue weighted by Crippen LogP contribution is -2.44. The second kappa shape index (κ2) is 11.1. The Morgan fingerprint density at radius 1 is 1.00 bits per heavy atom. The maximum atomic E-state index is 14.5.